The molecule has 0 saturated heterocycles. The van der Waals surface area contributed by atoms with E-state index in [9.17, 15) is 4.39 Å². The Morgan fingerprint density at radius 2 is 2.12 bits per heavy atom. The molecule has 2 atom stereocenters. The summed E-state index contributed by atoms with van der Waals surface area (Å²) in [6.07, 6.45) is 0.948. The number of benzene rings is 1. The van der Waals surface area contributed by atoms with Crippen molar-refractivity contribution in [2.24, 2.45) is 0 Å². The van der Waals surface area contributed by atoms with Gasteiger partial charge in [-0.05, 0) is 43.7 Å². The van der Waals surface area contributed by atoms with Crippen LogP contribution in [0.15, 0.2) is 18.2 Å². The lowest BCUT2D eigenvalue weighted by Gasteiger charge is -2.26. The van der Waals surface area contributed by atoms with Crippen LogP contribution < -0.4 is 5.32 Å². The lowest BCUT2D eigenvalue weighted by molar-refractivity contribution is 0.0673. The molecule has 3 heteroatoms. The predicted octanol–water partition coefficient (Wildman–Crippen LogP) is 2.82. The first-order valence-corrected chi connectivity index (χ1v) is 5.60. The second-order valence-electron chi connectivity index (χ2n) is 3.95. The van der Waals surface area contributed by atoms with Crippen LogP contribution in [0.2, 0.25) is 0 Å². The van der Waals surface area contributed by atoms with Crippen molar-refractivity contribution in [2.45, 2.75) is 32.4 Å². The highest BCUT2D eigenvalue weighted by Crippen LogP contribution is 2.24. The standard InChI is InChI=1S/C13H20FNO/c1-5-12(16-4)13(15-3)11-8-10(14)7-6-9(11)2/h6-8,12-13,15H,5H2,1-4H3. The predicted molar refractivity (Wildman–Crippen MR) is 64.0 cm³/mol. The maximum absolute atomic E-state index is 13.2. The maximum atomic E-state index is 13.2. The van der Waals surface area contributed by atoms with Crippen molar-refractivity contribution in [3.63, 3.8) is 0 Å². The van der Waals surface area contributed by atoms with Gasteiger partial charge in [0.15, 0.2) is 0 Å². The molecule has 0 radical (unpaired) electrons. The summed E-state index contributed by atoms with van der Waals surface area (Å²) in [5, 5.41) is 3.20. The first-order chi connectivity index (χ1) is 7.63. The van der Waals surface area contributed by atoms with E-state index in [0.29, 0.717) is 0 Å². The van der Waals surface area contributed by atoms with Crippen LogP contribution in [0.4, 0.5) is 4.39 Å². The number of hydrogen-bond acceptors (Lipinski definition) is 2. The van der Waals surface area contributed by atoms with E-state index in [1.807, 2.05) is 14.0 Å². The van der Waals surface area contributed by atoms with Gasteiger partial charge in [0.2, 0.25) is 0 Å². The quantitative estimate of drug-likeness (QED) is 0.832. The smallest absolute Gasteiger partial charge is 0.123 e. The molecular formula is C13H20FNO. The summed E-state index contributed by atoms with van der Waals surface area (Å²) in [5.41, 5.74) is 2.05. The minimum Gasteiger partial charge on any atom is -0.379 e. The van der Waals surface area contributed by atoms with Gasteiger partial charge in [0.25, 0.3) is 0 Å². The number of aryl methyl sites for hydroxylation is 1. The van der Waals surface area contributed by atoms with Crippen LogP contribution in [0.25, 0.3) is 0 Å². The molecule has 16 heavy (non-hydrogen) atoms. The van der Waals surface area contributed by atoms with Crippen molar-refractivity contribution in [1.82, 2.24) is 5.32 Å². The monoisotopic (exact) mass is 225 g/mol. The third kappa shape index (κ3) is 2.80. The Labute approximate surface area is 96.8 Å². The third-order valence-corrected chi connectivity index (χ3v) is 2.96. The molecule has 1 aromatic rings. The summed E-state index contributed by atoms with van der Waals surface area (Å²) in [4.78, 5) is 0. The molecule has 0 amide bonds. The van der Waals surface area contributed by atoms with E-state index in [1.165, 1.54) is 6.07 Å². The van der Waals surface area contributed by atoms with Gasteiger partial charge >= 0.3 is 0 Å². The van der Waals surface area contributed by atoms with E-state index >= 15 is 0 Å². The Morgan fingerprint density at radius 3 is 2.62 bits per heavy atom. The molecule has 0 aliphatic heterocycles. The van der Waals surface area contributed by atoms with Gasteiger partial charge in [-0.1, -0.05) is 13.0 Å². The molecular weight excluding hydrogens is 205 g/mol. The van der Waals surface area contributed by atoms with E-state index in [0.717, 1.165) is 17.5 Å². The van der Waals surface area contributed by atoms with Crippen molar-refractivity contribution in [3.05, 3.63) is 35.1 Å². The zero-order chi connectivity index (χ0) is 12.1. The minimum atomic E-state index is -0.202. The van der Waals surface area contributed by atoms with Crippen LogP contribution in [0.5, 0.6) is 0 Å². The Balaban J connectivity index is 3.06. The van der Waals surface area contributed by atoms with Crippen LogP contribution >= 0.6 is 0 Å². The zero-order valence-corrected chi connectivity index (χ0v) is 10.4. The SMILES string of the molecule is CCC(OC)C(NC)c1cc(F)ccc1C. The van der Waals surface area contributed by atoms with Crippen LogP contribution in [0.1, 0.15) is 30.5 Å². The zero-order valence-electron chi connectivity index (χ0n) is 10.4. The summed E-state index contributed by atoms with van der Waals surface area (Å²) in [7, 11) is 3.56. The highest BCUT2D eigenvalue weighted by atomic mass is 19.1. The first kappa shape index (κ1) is 13.1. The van der Waals surface area contributed by atoms with E-state index in [1.54, 1.807) is 19.2 Å². The molecule has 0 aliphatic carbocycles. The number of hydrogen-bond donors (Lipinski definition) is 1. The fourth-order valence-electron chi connectivity index (χ4n) is 2.03. The highest BCUT2D eigenvalue weighted by molar-refractivity contribution is 5.30. The Morgan fingerprint density at radius 1 is 1.44 bits per heavy atom. The second kappa shape index (κ2) is 5.97. The van der Waals surface area contributed by atoms with Gasteiger partial charge < -0.3 is 10.1 Å². The van der Waals surface area contributed by atoms with Gasteiger partial charge in [-0.2, -0.15) is 0 Å². The van der Waals surface area contributed by atoms with E-state index in [-0.39, 0.29) is 18.0 Å². The molecule has 0 aromatic heterocycles. The average molecular weight is 225 g/mol. The molecule has 0 spiro atoms. The molecule has 0 aliphatic rings. The number of halogens is 1. The normalized spacial score (nSPS) is 14.8. The molecule has 0 fully saturated rings. The topological polar surface area (TPSA) is 21.3 Å². The van der Waals surface area contributed by atoms with Crippen LogP contribution in [0, 0.1) is 12.7 Å². The molecule has 0 bridgehead atoms. The lowest BCUT2D eigenvalue weighted by Crippen LogP contribution is -2.31. The Hall–Kier alpha value is -0.930. The Bertz CT molecular complexity index is 337. The van der Waals surface area contributed by atoms with Crippen molar-refractivity contribution >= 4 is 0 Å². The summed E-state index contributed by atoms with van der Waals surface area (Å²) in [6, 6.07) is 4.90. The van der Waals surface area contributed by atoms with Gasteiger partial charge in [-0.25, -0.2) is 4.39 Å². The van der Waals surface area contributed by atoms with Crippen molar-refractivity contribution in [1.29, 1.82) is 0 Å². The molecule has 2 unspecified atom stereocenters. The van der Waals surface area contributed by atoms with Gasteiger partial charge in [-0.15, -0.1) is 0 Å². The van der Waals surface area contributed by atoms with E-state index < -0.39 is 0 Å². The second-order valence-corrected chi connectivity index (χ2v) is 3.95. The minimum absolute atomic E-state index is 0.0331. The van der Waals surface area contributed by atoms with Crippen LogP contribution in [-0.4, -0.2) is 20.3 Å². The van der Waals surface area contributed by atoms with Crippen molar-refractivity contribution < 1.29 is 9.13 Å². The molecule has 0 saturated carbocycles. The summed E-state index contributed by atoms with van der Waals surface area (Å²) >= 11 is 0. The molecule has 0 heterocycles. The van der Waals surface area contributed by atoms with Gasteiger partial charge in [0.1, 0.15) is 5.82 Å². The Kier molecular flexibility index (Phi) is 4.90. The third-order valence-electron chi connectivity index (χ3n) is 2.96. The first-order valence-electron chi connectivity index (χ1n) is 5.60. The highest BCUT2D eigenvalue weighted by Gasteiger charge is 2.21. The van der Waals surface area contributed by atoms with Crippen molar-refractivity contribution in [3.8, 4) is 0 Å². The largest absolute Gasteiger partial charge is 0.379 e. The lowest BCUT2D eigenvalue weighted by atomic mass is 9.95. The average Bonchev–Trinajstić information content (AvgIpc) is 2.29. The van der Waals surface area contributed by atoms with Crippen LogP contribution in [-0.2, 0) is 4.74 Å². The van der Waals surface area contributed by atoms with Gasteiger partial charge in [0.05, 0.1) is 12.1 Å². The van der Waals surface area contributed by atoms with E-state index in [4.69, 9.17) is 4.74 Å². The summed E-state index contributed by atoms with van der Waals surface area (Å²) < 4.78 is 18.7. The summed E-state index contributed by atoms with van der Waals surface area (Å²) in [6.45, 7) is 4.05. The molecule has 2 nitrogen and oxygen atoms in total. The maximum Gasteiger partial charge on any atom is 0.123 e. The molecule has 1 rings (SSSR count). The fourth-order valence-corrected chi connectivity index (χ4v) is 2.03. The molecule has 90 valence electrons. The number of likely N-dealkylation sites (N-methyl/N-ethyl adjacent to an activating group) is 1. The van der Waals surface area contributed by atoms with Crippen LogP contribution in [0.3, 0.4) is 0 Å². The number of nitrogens with one attached hydrogen (secondary N) is 1. The fraction of sp³-hybridized carbons (Fsp3) is 0.538. The van der Waals surface area contributed by atoms with E-state index in [2.05, 4.69) is 12.2 Å². The number of methoxy groups -OCH3 is 1. The molecule has 1 N–H and O–H groups in total. The number of rotatable bonds is 5. The van der Waals surface area contributed by atoms with Crippen molar-refractivity contribution in [2.75, 3.05) is 14.2 Å². The number of ether oxygens (including phenoxy) is 1. The van der Waals surface area contributed by atoms with Gasteiger partial charge in [0, 0.05) is 7.11 Å². The van der Waals surface area contributed by atoms with Gasteiger partial charge in [-0.3, -0.25) is 0 Å². The molecule has 1 aromatic carbocycles. The summed E-state index contributed by atoms with van der Waals surface area (Å²) in [5.74, 6) is -0.202.